The maximum absolute atomic E-state index is 10.1. The van der Waals surface area contributed by atoms with Crippen molar-refractivity contribution in [2.45, 2.75) is 0 Å². The van der Waals surface area contributed by atoms with Gasteiger partial charge in [0, 0.05) is 21.0 Å². The number of hydrogen-bond acceptors (Lipinski definition) is 1. The summed E-state index contributed by atoms with van der Waals surface area (Å²) in [5.74, 6) is 3.32. The number of benzene rings is 1. The lowest BCUT2D eigenvalue weighted by Gasteiger charge is -1.95. The molecule has 0 aliphatic heterocycles. The van der Waals surface area contributed by atoms with Crippen molar-refractivity contribution in [1.82, 2.24) is 0 Å². The zero-order valence-electron chi connectivity index (χ0n) is 6.34. The van der Waals surface area contributed by atoms with Crippen LogP contribution in [0.1, 0.15) is 5.56 Å². The average Bonchev–Trinajstić information content (AvgIpc) is 2.06. The largest absolute Gasteiger partial charge is 0.472 e. The fourth-order valence-corrected chi connectivity index (χ4v) is 1.23. The first-order chi connectivity index (χ1) is 6.09. The Balaban J connectivity index is 3.09. The van der Waals surface area contributed by atoms with Gasteiger partial charge >= 0.3 is 5.97 Å². The van der Waals surface area contributed by atoms with Crippen molar-refractivity contribution in [3.8, 4) is 11.8 Å². The zero-order valence-corrected chi connectivity index (χ0v) is 8.69. The van der Waals surface area contributed by atoms with Crippen LogP contribution < -0.4 is 0 Å². The third-order valence-electron chi connectivity index (χ3n) is 1.23. The Hall–Kier alpha value is -0.980. The van der Waals surface area contributed by atoms with E-state index in [4.69, 9.17) is 16.7 Å². The summed E-state index contributed by atoms with van der Waals surface area (Å²) >= 11 is 8.92. The first-order valence-corrected chi connectivity index (χ1v) is 4.46. The predicted molar refractivity (Wildman–Crippen MR) is 53.7 cm³/mol. The van der Waals surface area contributed by atoms with Crippen LogP contribution in [0.3, 0.4) is 0 Å². The Kier molecular flexibility index (Phi) is 3.35. The number of carboxylic acid groups (broad SMARTS) is 1. The minimum Gasteiger partial charge on any atom is -0.472 e. The van der Waals surface area contributed by atoms with Gasteiger partial charge in [-0.25, -0.2) is 4.79 Å². The molecule has 0 saturated carbocycles. The molecule has 0 aromatic heterocycles. The Morgan fingerprint density at radius 3 is 2.85 bits per heavy atom. The van der Waals surface area contributed by atoms with Crippen LogP contribution in [-0.2, 0) is 4.79 Å². The molecule has 0 spiro atoms. The number of rotatable bonds is 0. The molecule has 66 valence electrons. The molecule has 0 saturated heterocycles. The van der Waals surface area contributed by atoms with Gasteiger partial charge in [0.1, 0.15) is 0 Å². The highest BCUT2D eigenvalue weighted by atomic mass is 79.9. The van der Waals surface area contributed by atoms with Crippen molar-refractivity contribution in [1.29, 1.82) is 0 Å². The molecule has 1 rings (SSSR count). The number of carboxylic acids is 1. The Bertz CT molecular complexity index is 404. The predicted octanol–water partition coefficient (Wildman–Crippen LogP) is 2.54. The monoisotopic (exact) mass is 258 g/mol. The van der Waals surface area contributed by atoms with Gasteiger partial charge in [-0.15, -0.1) is 0 Å². The fourth-order valence-electron chi connectivity index (χ4n) is 0.714. The minimum absolute atomic E-state index is 0.526. The molecule has 0 amide bonds. The van der Waals surface area contributed by atoms with Crippen LogP contribution >= 0.6 is 27.5 Å². The number of carbonyl (C=O) groups is 1. The van der Waals surface area contributed by atoms with Crippen LogP contribution in [0.2, 0.25) is 5.02 Å². The van der Waals surface area contributed by atoms with Gasteiger partial charge in [-0.3, -0.25) is 0 Å². The van der Waals surface area contributed by atoms with E-state index in [1.54, 1.807) is 18.2 Å². The molecule has 1 aromatic rings. The summed E-state index contributed by atoms with van der Waals surface area (Å²) in [6.45, 7) is 0. The second-order valence-corrected chi connectivity index (χ2v) is 3.47. The highest BCUT2D eigenvalue weighted by Crippen LogP contribution is 2.19. The maximum Gasteiger partial charge on any atom is 0.382 e. The van der Waals surface area contributed by atoms with Gasteiger partial charge in [-0.2, -0.15) is 0 Å². The summed E-state index contributed by atoms with van der Waals surface area (Å²) < 4.78 is 0.727. The highest BCUT2D eigenvalue weighted by molar-refractivity contribution is 9.10. The maximum atomic E-state index is 10.1. The zero-order chi connectivity index (χ0) is 9.84. The van der Waals surface area contributed by atoms with Crippen molar-refractivity contribution in [2.24, 2.45) is 0 Å². The second-order valence-electron chi connectivity index (χ2n) is 2.18. The van der Waals surface area contributed by atoms with Gasteiger partial charge in [0.2, 0.25) is 0 Å². The van der Waals surface area contributed by atoms with E-state index in [-0.39, 0.29) is 0 Å². The molecule has 0 heterocycles. The highest BCUT2D eigenvalue weighted by Gasteiger charge is 1.97. The SMILES string of the molecule is O=C(O)C#Cc1cc(Cl)ccc1Br. The van der Waals surface area contributed by atoms with Gasteiger partial charge in [0.25, 0.3) is 0 Å². The molecule has 13 heavy (non-hydrogen) atoms. The lowest BCUT2D eigenvalue weighted by atomic mass is 10.2. The van der Waals surface area contributed by atoms with Crippen LogP contribution in [0.4, 0.5) is 0 Å². The molecule has 1 aromatic carbocycles. The van der Waals surface area contributed by atoms with E-state index in [0.29, 0.717) is 10.6 Å². The molecule has 0 bridgehead atoms. The summed E-state index contributed by atoms with van der Waals surface area (Å²) in [7, 11) is 0. The lowest BCUT2D eigenvalue weighted by Crippen LogP contribution is -1.87. The summed E-state index contributed by atoms with van der Waals surface area (Å²) in [5, 5.41) is 8.84. The smallest absolute Gasteiger partial charge is 0.382 e. The first-order valence-electron chi connectivity index (χ1n) is 3.29. The third kappa shape index (κ3) is 3.10. The van der Waals surface area contributed by atoms with Crippen LogP contribution in [0.5, 0.6) is 0 Å². The number of halogens is 2. The van der Waals surface area contributed by atoms with E-state index in [0.717, 1.165) is 4.47 Å². The van der Waals surface area contributed by atoms with Crippen LogP contribution in [-0.4, -0.2) is 11.1 Å². The van der Waals surface area contributed by atoms with Gasteiger partial charge in [-0.05, 0) is 34.1 Å². The molecular weight excluding hydrogens is 255 g/mol. The minimum atomic E-state index is -1.16. The van der Waals surface area contributed by atoms with Crippen molar-refractivity contribution < 1.29 is 9.90 Å². The molecule has 0 aliphatic rings. The average molecular weight is 259 g/mol. The van der Waals surface area contributed by atoms with Gasteiger partial charge < -0.3 is 5.11 Å². The fraction of sp³-hybridized carbons (Fsp3) is 0. The van der Waals surface area contributed by atoms with E-state index < -0.39 is 5.97 Å². The van der Waals surface area contributed by atoms with E-state index in [1.165, 1.54) is 0 Å². The molecule has 4 heteroatoms. The standard InChI is InChI=1S/C9H4BrClO2/c10-8-3-2-7(11)5-6(8)1-4-9(12)13/h2-3,5H,(H,12,13). The molecule has 0 aliphatic carbocycles. The summed E-state index contributed by atoms with van der Waals surface area (Å²) in [6, 6.07) is 5.01. The van der Waals surface area contributed by atoms with E-state index in [1.807, 2.05) is 5.92 Å². The summed E-state index contributed by atoms with van der Waals surface area (Å²) in [5.41, 5.74) is 0.565. The Morgan fingerprint density at radius 2 is 2.23 bits per heavy atom. The van der Waals surface area contributed by atoms with Gasteiger partial charge in [0.15, 0.2) is 0 Å². The molecule has 2 nitrogen and oxygen atoms in total. The second kappa shape index (κ2) is 4.31. The van der Waals surface area contributed by atoms with E-state index in [9.17, 15) is 4.79 Å². The first kappa shape index (κ1) is 10.1. The van der Waals surface area contributed by atoms with Crippen molar-refractivity contribution in [2.75, 3.05) is 0 Å². The molecule has 0 unspecified atom stereocenters. The van der Waals surface area contributed by atoms with E-state index >= 15 is 0 Å². The van der Waals surface area contributed by atoms with Crippen molar-refractivity contribution in [3.05, 3.63) is 33.3 Å². The Labute approximate surface area is 88.7 Å². The normalized spacial score (nSPS) is 8.77. The summed E-state index contributed by atoms with van der Waals surface area (Å²) in [4.78, 5) is 10.1. The van der Waals surface area contributed by atoms with Gasteiger partial charge in [-0.1, -0.05) is 17.5 Å². The van der Waals surface area contributed by atoms with Crippen LogP contribution in [0, 0.1) is 11.8 Å². The number of hydrogen-bond donors (Lipinski definition) is 1. The molecule has 0 radical (unpaired) electrons. The van der Waals surface area contributed by atoms with Crippen molar-refractivity contribution in [3.63, 3.8) is 0 Å². The lowest BCUT2D eigenvalue weighted by molar-refractivity contribution is -0.130. The third-order valence-corrected chi connectivity index (χ3v) is 2.16. The molecule has 0 fully saturated rings. The van der Waals surface area contributed by atoms with Crippen LogP contribution in [0.25, 0.3) is 0 Å². The Morgan fingerprint density at radius 1 is 1.54 bits per heavy atom. The van der Waals surface area contributed by atoms with Crippen molar-refractivity contribution >= 4 is 33.5 Å². The molecule has 0 atom stereocenters. The molecular formula is C9H4BrClO2. The molecule has 1 N–H and O–H groups in total. The van der Waals surface area contributed by atoms with Crippen LogP contribution in [0.15, 0.2) is 22.7 Å². The van der Waals surface area contributed by atoms with Gasteiger partial charge in [0.05, 0.1) is 0 Å². The topological polar surface area (TPSA) is 37.3 Å². The van der Waals surface area contributed by atoms with E-state index in [2.05, 4.69) is 21.9 Å². The summed E-state index contributed by atoms with van der Waals surface area (Å²) in [6.07, 6.45) is 0. The number of aliphatic carboxylic acids is 1. The quantitative estimate of drug-likeness (QED) is 0.727.